The number of carbonyl (C=O) groups excluding carboxylic acids is 2. The molecule has 0 aliphatic rings. The Balaban J connectivity index is 4.12. The first-order valence-electron chi connectivity index (χ1n) is 4.14. The standard InChI is InChI=1S/C9H14O4/c1-4-12-7(3)6-8(10)9(11)13-5-2/h6H,4-5H2,1-3H3/b7-6-. The van der Waals surface area contributed by atoms with Crippen molar-refractivity contribution in [1.29, 1.82) is 0 Å². The van der Waals surface area contributed by atoms with Crippen LogP contribution in [0.25, 0.3) is 0 Å². The van der Waals surface area contributed by atoms with E-state index in [9.17, 15) is 9.59 Å². The molecule has 0 saturated carbocycles. The highest BCUT2D eigenvalue weighted by Gasteiger charge is 2.11. The topological polar surface area (TPSA) is 52.6 Å². The molecule has 0 fully saturated rings. The van der Waals surface area contributed by atoms with Gasteiger partial charge in [0.2, 0.25) is 0 Å². The van der Waals surface area contributed by atoms with E-state index in [0.717, 1.165) is 6.08 Å². The zero-order chi connectivity index (χ0) is 10.3. The number of ketones is 1. The van der Waals surface area contributed by atoms with Gasteiger partial charge in [0.05, 0.1) is 19.0 Å². The predicted octanol–water partition coefficient (Wildman–Crippen LogP) is 1.06. The second-order valence-electron chi connectivity index (χ2n) is 2.27. The van der Waals surface area contributed by atoms with E-state index >= 15 is 0 Å². The van der Waals surface area contributed by atoms with Gasteiger partial charge < -0.3 is 9.47 Å². The first-order chi connectivity index (χ1) is 6.11. The van der Waals surface area contributed by atoms with Crippen molar-refractivity contribution in [2.24, 2.45) is 0 Å². The van der Waals surface area contributed by atoms with Crippen LogP contribution in [-0.2, 0) is 19.1 Å². The Morgan fingerprint density at radius 2 is 1.69 bits per heavy atom. The summed E-state index contributed by atoms with van der Waals surface area (Å²) < 4.78 is 9.47. The smallest absolute Gasteiger partial charge is 0.379 e. The lowest BCUT2D eigenvalue weighted by atomic mass is 10.3. The number of allylic oxidation sites excluding steroid dienone is 1. The quantitative estimate of drug-likeness (QED) is 0.279. The van der Waals surface area contributed by atoms with Gasteiger partial charge in [0, 0.05) is 6.08 Å². The molecule has 0 heterocycles. The number of ether oxygens (including phenoxy) is 2. The summed E-state index contributed by atoms with van der Waals surface area (Å²) >= 11 is 0. The van der Waals surface area contributed by atoms with E-state index in [4.69, 9.17) is 4.74 Å². The summed E-state index contributed by atoms with van der Waals surface area (Å²) in [4.78, 5) is 21.8. The van der Waals surface area contributed by atoms with Gasteiger partial charge in [0.25, 0.3) is 5.78 Å². The van der Waals surface area contributed by atoms with Crippen LogP contribution in [-0.4, -0.2) is 25.0 Å². The molecule has 0 radical (unpaired) electrons. The van der Waals surface area contributed by atoms with Crippen LogP contribution < -0.4 is 0 Å². The van der Waals surface area contributed by atoms with Crippen molar-refractivity contribution >= 4 is 11.8 Å². The van der Waals surface area contributed by atoms with Gasteiger partial charge in [-0.3, -0.25) is 4.79 Å². The summed E-state index contributed by atoms with van der Waals surface area (Å²) in [6.07, 6.45) is 1.13. The minimum absolute atomic E-state index is 0.200. The maximum absolute atomic E-state index is 11.0. The molecule has 0 unspecified atom stereocenters. The fourth-order valence-electron chi connectivity index (χ4n) is 0.715. The van der Waals surface area contributed by atoms with E-state index in [1.807, 2.05) is 0 Å². The molecular formula is C9H14O4. The largest absolute Gasteiger partial charge is 0.498 e. The van der Waals surface area contributed by atoms with Crippen LogP contribution in [0.2, 0.25) is 0 Å². The average molecular weight is 186 g/mol. The molecule has 0 saturated heterocycles. The van der Waals surface area contributed by atoms with Gasteiger partial charge in [-0.2, -0.15) is 0 Å². The van der Waals surface area contributed by atoms with Crippen molar-refractivity contribution in [3.8, 4) is 0 Å². The Morgan fingerprint density at radius 3 is 2.15 bits per heavy atom. The van der Waals surface area contributed by atoms with Crippen molar-refractivity contribution in [2.45, 2.75) is 20.8 Å². The van der Waals surface area contributed by atoms with E-state index in [1.165, 1.54) is 0 Å². The van der Waals surface area contributed by atoms with Gasteiger partial charge in [-0.25, -0.2) is 4.79 Å². The average Bonchev–Trinajstić information content (AvgIpc) is 2.05. The fraction of sp³-hybridized carbons (Fsp3) is 0.556. The molecule has 0 aromatic heterocycles. The van der Waals surface area contributed by atoms with E-state index in [-0.39, 0.29) is 6.61 Å². The monoisotopic (exact) mass is 186 g/mol. The number of rotatable bonds is 5. The normalized spacial score (nSPS) is 10.8. The molecular weight excluding hydrogens is 172 g/mol. The van der Waals surface area contributed by atoms with Crippen LogP contribution in [0.5, 0.6) is 0 Å². The van der Waals surface area contributed by atoms with Gasteiger partial charge in [0.1, 0.15) is 0 Å². The van der Waals surface area contributed by atoms with Gasteiger partial charge >= 0.3 is 5.97 Å². The SMILES string of the molecule is CCOC(=O)C(=O)/C=C(/C)OCC. The summed E-state index contributed by atoms with van der Waals surface area (Å²) in [5.74, 6) is -1.12. The Morgan fingerprint density at radius 1 is 1.15 bits per heavy atom. The fourth-order valence-corrected chi connectivity index (χ4v) is 0.715. The molecule has 0 amide bonds. The second-order valence-corrected chi connectivity index (χ2v) is 2.27. The van der Waals surface area contributed by atoms with Gasteiger partial charge in [0.15, 0.2) is 0 Å². The van der Waals surface area contributed by atoms with Crippen LogP contribution in [0.15, 0.2) is 11.8 Å². The van der Waals surface area contributed by atoms with Crippen LogP contribution in [0, 0.1) is 0 Å². The van der Waals surface area contributed by atoms with E-state index in [2.05, 4.69) is 4.74 Å². The lowest BCUT2D eigenvalue weighted by molar-refractivity contribution is -0.151. The third-order valence-electron chi connectivity index (χ3n) is 1.18. The summed E-state index contributed by atoms with van der Waals surface area (Å²) in [5, 5.41) is 0. The lowest BCUT2D eigenvalue weighted by Crippen LogP contribution is -2.15. The highest BCUT2D eigenvalue weighted by molar-refractivity contribution is 6.38. The Hall–Kier alpha value is -1.32. The van der Waals surface area contributed by atoms with Gasteiger partial charge in [-0.05, 0) is 20.8 Å². The maximum Gasteiger partial charge on any atom is 0.379 e. The number of hydrogen-bond acceptors (Lipinski definition) is 4. The van der Waals surface area contributed by atoms with Crippen molar-refractivity contribution in [3.05, 3.63) is 11.8 Å². The summed E-state index contributed by atoms with van der Waals surface area (Å²) in [7, 11) is 0. The Bertz CT molecular complexity index is 218. The van der Waals surface area contributed by atoms with Crippen molar-refractivity contribution in [3.63, 3.8) is 0 Å². The second kappa shape index (κ2) is 6.22. The molecule has 0 N–H and O–H groups in total. The predicted molar refractivity (Wildman–Crippen MR) is 47.0 cm³/mol. The molecule has 0 spiro atoms. The highest BCUT2D eigenvalue weighted by atomic mass is 16.5. The molecule has 0 aromatic rings. The van der Waals surface area contributed by atoms with Crippen LogP contribution in [0.3, 0.4) is 0 Å². The summed E-state index contributed by atoms with van der Waals surface area (Å²) in [6.45, 7) is 5.72. The molecule has 0 rings (SSSR count). The Labute approximate surface area is 77.5 Å². The minimum atomic E-state index is -0.846. The zero-order valence-corrected chi connectivity index (χ0v) is 8.12. The van der Waals surface area contributed by atoms with E-state index in [1.54, 1.807) is 20.8 Å². The molecule has 4 nitrogen and oxygen atoms in total. The lowest BCUT2D eigenvalue weighted by Gasteiger charge is -2.01. The number of hydrogen-bond donors (Lipinski definition) is 0. The molecule has 0 atom stereocenters. The number of esters is 1. The highest BCUT2D eigenvalue weighted by Crippen LogP contribution is 1.96. The molecule has 0 aliphatic heterocycles. The Kier molecular flexibility index (Phi) is 5.59. The molecule has 74 valence electrons. The number of carbonyl (C=O) groups is 2. The van der Waals surface area contributed by atoms with Crippen molar-refractivity contribution in [1.82, 2.24) is 0 Å². The zero-order valence-electron chi connectivity index (χ0n) is 8.12. The molecule has 0 aliphatic carbocycles. The van der Waals surface area contributed by atoms with Crippen molar-refractivity contribution in [2.75, 3.05) is 13.2 Å². The van der Waals surface area contributed by atoms with Gasteiger partial charge in [-0.1, -0.05) is 0 Å². The maximum atomic E-state index is 11.0. The van der Waals surface area contributed by atoms with E-state index in [0.29, 0.717) is 12.4 Å². The van der Waals surface area contributed by atoms with Gasteiger partial charge in [-0.15, -0.1) is 0 Å². The first-order valence-corrected chi connectivity index (χ1v) is 4.14. The summed E-state index contributed by atoms with van der Waals surface area (Å²) in [6, 6.07) is 0. The molecule has 0 aromatic carbocycles. The molecule has 4 heteroatoms. The third kappa shape index (κ3) is 5.00. The molecule has 0 bridgehead atoms. The minimum Gasteiger partial charge on any atom is -0.498 e. The van der Waals surface area contributed by atoms with Crippen molar-refractivity contribution < 1.29 is 19.1 Å². The summed E-state index contributed by atoms with van der Waals surface area (Å²) in [5.41, 5.74) is 0. The molecule has 13 heavy (non-hydrogen) atoms. The van der Waals surface area contributed by atoms with Crippen LogP contribution >= 0.6 is 0 Å². The third-order valence-corrected chi connectivity index (χ3v) is 1.18. The van der Waals surface area contributed by atoms with Crippen LogP contribution in [0.4, 0.5) is 0 Å². The van der Waals surface area contributed by atoms with E-state index < -0.39 is 11.8 Å². The van der Waals surface area contributed by atoms with Crippen LogP contribution in [0.1, 0.15) is 20.8 Å². The first kappa shape index (κ1) is 11.7.